The van der Waals surface area contributed by atoms with Crippen molar-refractivity contribution in [1.82, 2.24) is 15.2 Å². The lowest BCUT2D eigenvalue weighted by Crippen LogP contribution is -2.50. The number of carbonyl (C=O) groups excluding carboxylic acids is 2. The highest BCUT2D eigenvalue weighted by atomic mass is 79.9. The molecule has 24 heavy (non-hydrogen) atoms. The predicted octanol–water partition coefficient (Wildman–Crippen LogP) is 2.56. The largest absolute Gasteiger partial charge is 0.378 e. The van der Waals surface area contributed by atoms with E-state index in [1.165, 1.54) is 0 Å². The number of aromatic nitrogens is 1. The summed E-state index contributed by atoms with van der Waals surface area (Å²) in [6.07, 6.45) is 0. The van der Waals surface area contributed by atoms with Crippen LogP contribution < -0.4 is 5.32 Å². The number of hydrogen-bond donors (Lipinski definition) is 2. The Morgan fingerprint density at radius 3 is 2.79 bits per heavy atom. The van der Waals surface area contributed by atoms with Gasteiger partial charge in [0.2, 0.25) is 5.91 Å². The molecule has 1 aromatic carbocycles. The van der Waals surface area contributed by atoms with Crippen molar-refractivity contribution in [3.8, 4) is 0 Å². The Balaban J connectivity index is 1.74. The van der Waals surface area contributed by atoms with Gasteiger partial charge in [-0.15, -0.1) is 0 Å². The third kappa shape index (κ3) is 3.43. The molecule has 2 amide bonds. The first-order valence-electron chi connectivity index (χ1n) is 7.61. The maximum Gasteiger partial charge on any atom is 0.269 e. The van der Waals surface area contributed by atoms with Gasteiger partial charge in [-0.2, -0.15) is 0 Å². The van der Waals surface area contributed by atoms with Crippen LogP contribution >= 0.6 is 27.5 Å². The average molecular weight is 415 g/mol. The number of H-pyrrole nitrogens is 1. The summed E-state index contributed by atoms with van der Waals surface area (Å²) in [6.45, 7) is 3.80. The highest BCUT2D eigenvalue weighted by Gasteiger charge is 2.25. The van der Waals surface area contributed by atoms with E-state index in [1.54, 1.807) is 11.8 Å². The molecule has 0 spiro atoms. The van der Waals surface area contributed by atoms with E-state index in [9.17, 15) is 9.59 Å². The van der Waals surface area contributed by atoms with Crippen LogP contribution in [0, 0.1) is 0 Å². The van der Waals surface area contributed by atoms with E-state index in [2.05, 4.69) is 26.2 Å². The van der Waals surface area contributed by atoms with Crippen LogP contribution in [0.4, 0.5) is 0 Å². The molecule has 1 fully saturated rings. The van der Waals surface area contributed by atoms with E-state index >= 15 is 0 Å². The SMILES string of the molecule is C[C@H](NC(=O)c1[nH]c2ccc(Br)cc2c1Cl)C(=O)N1CCOCC1. The molecule has 1 atom stereocenters. The van der Waals surface area contributed by atoms with Crippen LogP contribution in [0.1, 0.15) is 17.4 Å². The monoisotopic (exact) mass is 413 g/mol. The number of fused-ring (bicyclic) bond motifs is 1. The molecule has 2 aromatic rings. The molecule has 1 aliphatic rings. The number of benzene rings is 1. The Kier molecular flexibility index (Phi) is 5.12. The Morgan fingerprint density at radius 2 is 2.08 bits per heavy atom. The zero-order valence-electron chi connectivity index (χ0n) is 13.1. The van der Waals surface area contributed by atoms with Gasteiger partial charge in [0.1, 0.15) is 11.7 Å². The smallest absolute Gasteiger partial charge is 0.269 e. The van der Waals surface area contributed by atoms with Gasteiger partial charge in [-0.1, -0.05) is 27.5 Å². The van der Waals surface area contributed by atoms with E-state index in [4.69, 9.17) is 16.3 Å². The van der Waals surface area contributed by atoms with Gasteiger partial charge in [-0.05, 0) is 25.1 Å². The van der Waals surface area contributed by atoms with Gasteiger partial charge in [0.15, 0.2) is 0 Å². The van der Waals surface area contributed by atoms with Crippen molar-refractivity contribution in [1.29, 1.82) is 0 Å². The van der Waals surface area contributed by atoms with E-state index in [-0.39, 0.29) is 11.6 Å². The summed E-state index contributed by atoms with van der Waals surface area (Å²) in [5, 5.41) is 3.81. The van der Waals surface area contributed by atoms with Crippen LogP contribution in [0.15, 0.2) is 22.7 Å². The number of nitrogens with one attached hydrogen (secondary N) is 2. The van der Waals surface area contributed by atoms with Gasteiger partial charge < -0.3 is 19.9 Å². The van der Waals surface area contributed by atoms with Gasteiger partial charge in [0, 0.05) is 28.5 Å². The summed E-state index contributed by atoms with van der Waals surface area (Å²) in [7, 11) is 0. The first-order chi connectivity index (χ1) is 11.5. The third-order valence-electron chi connectivity index (χ3n) is 3.97. The van der Waals surface area contributed by atoms with Crippen LogP contribution in [0.3, 0.4) is 0 Å². The number of halogens is 2. The molecule has 3 rings (SSSR count). The second kappa shape index (κ2) is 7.13. The van der Waals surface area contributed by atoms with Gasteiger partial charge in [-0.3, -0.25) is 9.59 Å². The molecule has 2 heterocycles. The number of amides is 2. The normalized spacial score (nSPS) is 16.2. The minimum absolute atomic E-state index is 0.123. The third-order valence-corrected chi connectivity index (χ3v) is 4.85. The number of ether oxygens (including phenoxy) is 1. The molecular weight excluding hydrogens is 398 g/mol. The number of hydrogen-bond acceptors (Lipinski definition) is 3. The highest BCUT2D eigenvalue weighted by molar-refractivity contribution is 9.10. The molecule has 1 aromatic heterocycles. The van der Waals surface area contributed by atoms with Gasteiger partial charge in [0.05, 0.1) is 18.2 Å². The minimum Gasteiger partial charge on any atom is -0.378 e. The zero-order valence-corrected chi connectivity index (χ0v) is 15.4. The average Bonchev–Trinajstić information content (AvgIpc) is 2.91. The Labute approximate surface area is 152 Å². The molecule has 1 saturated heterocycles. The summed E-state index contributed by atoms with van der Waals surface area (Å²) in [6, 6.07) is 4.91. The van der Waals surface area contributed by atoms with Crippen LogP contribution in [-0.4, -0.2) is 54.0 Å². The van der Waals surface area contributed by atoms with E-state index in [0.29, 0.717) is 31.3 Å². The molecule has 0 radical (unpaired) electrons. The van der Waals surface area contributed by atoms with Crippen molar-refractivity contribution < 1.29 is 14.3 Å². The molecule has 2 N–H and O–H groups in total. The van der Waals surface area contributed by atoms with Crippen molar-refractivity contribution in [2.24, 2.45) is 0 Å². The number of aromatic amines is 1. The maximum atomic E-state index is 12.5. The summed E-state index contributed by atoms with van der Waals surface area (Å²) < 4.78 is 6.11. The van der Waals surface area contributed by atoms with Crippen molar-refractivity contribution in [3.63, 3.8) is 0 Å². The van der Waals surface area contributed by atoms with Gasteiger partial charge in [0.25, 0.3) is 5.91 Å². The van der Waals surface area contributed by atoms with Gasteiger partial charge >= 0.3 is 0 Å². The molecule has 0 saturated carbocycles. The van der Waals surface area contributed by atoms with E-state index in [1.807, 2.05) is 18.2 Å². The fraction of sp³-hybridized carbons (Fsp3) is 0.375. The van der Waals surface area contributed by atoms with E-state index < -0.39 is 11.9 Å². The quantitative estimate of drug-likeness (QED) is 0.810. The summed E-state index contributed by atoms with van der Waals surface area (Å²) in [5.41, 5.74) is 1.02. The number of morpholine rings is 1. The predicted molar refractivity (Wildman–Crippen MR) is 95.3 cm³/mol. The topological polar surface area (TPSA) is 74.4 Å². The lowest BCUT2D eigenvalue weighted by atomic mass is 10.2. The number of rotatable bonds is 3. The van der Waals surface area contributed by atoms with Crippen LogP contribution in [0.2, 0.25) is 5.02 Å². The van der Waals surface area contributed by atoms with Crippen LogP contribution in [-0.2, 0) is 9.53 Å². The number of carbonyl (C=O) groups is 2. The molecule has 0 aliphatic carbocycles. The van der Waals surface area contributed by atoms with Crippen molar-refractivity contribution in [3.05, 3.63) is 33.4 Å². The summed E-state index contributed by atoms with van der Waals surface area (Å²) in [5.74, 6) is -0.525. The summed E-state index contributed by atoms with van der Waals surface area (Å²) in [4.78, 5) is 29.6. The van der Waals surface area contributed by atoms with Crippen LogP contribution in [0.5, 0.6) is 0 Å². The second-order valence-corrected chi connectivity index (χ2v) is 6.93. The molecule has 0 unspecified atom stereocenters. The fourth-order valence-electron chi connectivity index (χ4n) is 2.68. The fourth-order valence-corrected chi connectivity index (χ4v) is 3.33. The van der Waals surface area contributed by atoms with E-state index in [0.717, 1.165) is 15.4 Å². The Bertz CT molecular complexity index is 786. The molecule has 6 nitrogen and oxygen atoms in total. The first kappa shape index (κ1) is 17.3. The molecular formula is C16H17BrClN3O3. The minimum atomic E-state index is -0.634. The lowest BCUT2D eigenvalue weighted by molar-refractivity contribution is -0.136. The molecule has 8 heteroatoms. The van der Waals surface area contributed by atoms with Gasteiger partial charge in [-0.25, -0.2) is 0 Å². The van der Waals surface area contributed by atoms with Crippen molar-refractivity contribution in [2.45, 2.75) is 13.0 Å². The number of nitrogens with zero attached hydrogens (tertiary/aromatic N) is 1. The Hall–Kier alpha value is -1.57. The standard InChI is InChI=1S/C16H17BrClN3O3/c1-9(16(23)21-4-6-24-7-5-21)19-15(22)14-13(18)11-8-10(17)2-3-12(11)20-14/h2-3,8-9,20H,4-7H2,1H3,(H,19,22)/t9-/m0/s1. The maximum absolute atomic E-state index is 12.5. The highest BCUT2D eigenvalue weighted by Crippen LogP contribution is 2.29. The van der Waals surface area contributed by atoms with Crippen molar-refractivity contribution >= 4 is 50.2 Å². The Morgan fingerprint density at radius 1 is 1.38 bits per heavy atom. The lowest BCUT2D eigenvalue weighted by Gasteiger charge is -2.29. The second-order valence-electron chi connectivity index (χ2n) is 5.64. The first-order valence-corrected chi connectivity index (χ1v) is 8.78. The van der Waals surface area contributed by atoms with Crippen molar-refractivity contribution in [2.75, 3.05) is 26.3 Å². The molecule has 128 valence electrons. The molecule has 1 aliphatic heterocycles. The summed E-state index contributed by atoms with van der Waals surface area (Å²) >= 11 is 9.69. The zero-order chi connectivity index (χ0) is 17.3. The van der Waals surface area contributed by atoms with Crippen LogP contribution in [0.25, 0.3) is 10.9 Å². The molecule has 0 bridgehead atoms.